The number of halogens is 2. The van der Waals surface area contributed by atoms with Crippen LogP contribution >= 0.6 is 12.4 Å². The topological polar surface area (TPSA) is 27.1 Å². The molecule has 1 atom stereocenters. The van der Waals surface area contributed by atoms with E-state index < -0.39 is 0 Å². The molecule has 1 heterocycles. The Balaban J connectivity index is 0.00000256. The summed E-state index contributed by atoms with van der Waals surface area (Å²) in [5, 5.41) is 0. The highest BCUT2D eigenvalue weighted by molar-refractivity contribution is 5.85. The fourth-order valence-electron chi connectivity index (χ4n) is 3.65. The van der Waals surface area contributed by atoms with E-state index in [9.17, 15) is 4.39 Å². The van der Waals surface area contributed by atoms with E-state index in [1.807, 2.05) is 85.3 Å². The molecule has 0 bridgehead atoms. The van der Waals surface area contributed by atoms with Gasteiger partial charge in [-0.05, 0) is 35.2 Å². The van der Waals surface area contributed by atoms with Crippen LogP contribution in [0.3, 0.4) is 0 Å². The second-order valence-electron chi connectivity index (χ2n) is 7.11. The zero-order valence-electron chi connectivity index (χ0n) is 17.0. The number of aryl methyl sites for hydroxylation is 1. The minimum absolute atomic E-state index is 0. The molecule has 0 aliphatic heterocycles. The quantitative estimate of drug-likeness (QED) is 0.366. The monoisotopic (exact) mass is 422 g/mol. The Labute approximate surface area is 182 Å². The van der Waals surface area contributed by atoms with Gasteiger partial charge in [0, 0.05) is 12.6 Å². The lowest BCUT2D eigenvalue weighted by Gasteiger charge is -2.23. The fourth-order valence-corrected chi connectivity index (χ4v) is 3.65. The molecule has 0 saturated heterocycles. The van der Waals surface area contributed by atoms with E-state index >= 15 is 0 Å². The Bertz CT molecular complexity index is 1100. The molecule has 0 fully saturated rings. The van der Waals surface area contributed by atoms with Crippen molar-refractivity contribution in [1.82, 2.24) is 9.55 Å². The molecule has 0 N–H and O–H groups in total. The van der Waals surface area contributed by atoms with E-state index in [-0.39, 0.29) is 24.3 Å². The van der Waals surface area contributed by atoms with E-state index in [0.717, 1.165) is 27.9 Å². The molecule has 0 saturated carbocycles. The lowest BCUT2D eigenvalue weighted by Crippen LogP contribution is -2.12. The van der Waals surface area contributed by atoms with Crippen molar-refractivity contribution >= 4 is 12.4 Å². The van der Waals surface area contributed by atoms with Crippen molar-refractivity contribution in [2.45, 2.75) is 19.6 Å². The van der Waals surface area contributed by atoms with E-state index in [1.54, 1.807) is 12.5 Å². The van der Waals surface area contributed by atoms with E-state index in [4.69, 9.17) is 4.74 Å². The second kappa shape index (κ2) is 9.70. The number of ether oxygens (including phenoxy) is 1. The van der Waals surface area contributed by atoms with Crippen LogP contribution in [0.4, 0.5) is 4.39 Å². The molecule has 0 aliphatic rings. The Morgan fingerprint density at radius 3 is 2.27 bits per heavy atom. The second-order valence-corrected chi connectivity index (χ2v) is 7.11. The molecule has 0 aliphatic carbocycles. The number of nitrogens with zero attached hydrogens (tertiary/aromatic N) is 2. The molecule has 30 heavy (non-hydrogen) atoms. The maximum Gasteiger partial charge on any atom is 0.131 e. The maximum atomic E-state index is 14.8. The van der Waals surface area contributed by atoms with Crippen LogP contribution in [0.25, 0.3) is 11.1 Å². The number of benzene rings is 3. The van der Waals surface area contributed by atoms with Gasteiger partial charge in [0.25, 0.3) is 0 Å². The van der Waals surface area contributed by atoms with Gasteiger partial charge in [-0.15, -0.1) is 12.4 Å². The predicted molar refractivity (Wildman–Crippen MR) is 120 cm³/mol. The minimum atomic E-state index is -0.356. The number of aromatic nitrogens is 2. The van der Waals surface area contributed by atoms with Crippen LogP contribution in [0, 0.1) is 12.7 Å². The summed E-state index contributed by atoms with van der Waals surface area (Å²) < 4.78 is 23.1. The third-order valence-corrected chi connectivity index (χ3v) is 5.18. The molecule has 1 aromatic heterocycles. The number of hydrogen-bond donors (Lipinski definition) is 0. The van der Waals surface area contributed by atoms with Gasteiger partial charge in [0.05, 0.1) is 24.8 Å². The summed E-state index contributed by atoms with van der Waals surface area (Å²) in [4.78, 5) is 4.26. The van der Waals surface area contributed by atoms with Crippen molar-refractivity contribution in [1.29, 1.82) is 0 Å². The molecular formula is C25H24ClFN2O. The largest absolute Gasteiger partial charge is 0.362 e. The molecule has 5 heteroatoms. The van der Waals surface area contributed by atoms with Gasteiger partial charge in [-0.1, -0.05) is 66.7 Å². The first-order valence-corrected chi connectivity index (χ1v) is 9.61. The number of imidazole rings is 1. The number of hydrogen-bond acceptors (Lipinski definition) is 2. The van der Waals surface area contributed by atoms with Crippen LogP contribution < -0.4 is 0 Å². The molecular weight excluding hydrogens is 399 g/mol. The SMILES string of the molecule is Cc1c(C(OCc2ccccc2)c2cncn2C)ccc(F)c1-c1ccccc1.Cl. The highest BCUT2D eigenvalue weighted by Gasteiger charge is 2.23. The molecule has 4 aromatic rings. The Morgan fingerprint density at radius 2 is 1.63 bits per heavy atom. The molecule has 3 aromatic carbocycles. The van der Waals surface area contributed by atoms with Crippen molar-refractivity contribution in [2.75, 3.05) is 0 Å². The van der Waals surface area contributed by atoms with Gasteiger partial charge in [0.15, 0.2) is 0 Å². The van der Waals surface area contributed by atoms with E-state index in [2.05, 4.69) is 4.98 Å². The Morgan fingerprint density at radius 1 is 0.967 bits per heavy atom. The first-order chi connectivity index (χ1) is 14.1. The summed E-state index contributed by atoms with van der Waals surface area (Å²) in [6.07, 6.45) is 3.21. The van der Waals surface area contributed by atoms with Crippen molar-refractivity contribution in [3.63, 3.8) is 0 Å². The van der Waals surface area contributed by atoms with Crippen LogP contribution in [0.5, 0.6) is 0 Å². The predicted octanol–water partition coefficient (Wildman–Crippen LogP) is 6.26. The number of rotatable bonds is 6. The molecule has 0 amide bonds. The Hall–Kier alpha value is -2.95. The van der Waals surface area contributed by atoms with Gasteiger partial charge in [-0.3, -0.25) is 0 Å². The van der Waals surface area contributed by atoms with E-state index in [1.165, 1.54) is 6.07 Å². The normalized spacial score (nSPS) is 11.7. The van der Waals surface area contributed by atoms with Crippen molar-refractivity contribution in [2.24, 2.45) is 7.05 Å². The fraction of sp³-hybridized carbons (Fsp3) is 0.160. The van der Waals surface area contributed by atoms with Crippen molar-refractivity contribution in [3.8, 4) is 11.1 Å². The maximum absolute atomic E-state index is 14.8. The molecule has 3 nitrogen and oxygen atoms in total. The molecule has 0 radical (unpaired) electrons. The summed E-state index contributed by atoms with van der Waals surface area (Å²) in [6, 6.07) is 23.0. The lowest BCUT2D eigenvalue weighted by atomic mass is 9.92. The van der Waals surface area contributed by atoms with Crippen LogP contribution in [-0.2, 0) is 18.4 Å². The highest BCUT2D eigenvalue weighted by Crippen LogP contribution is 2.35. The van der Waals surface area contributed by atoms with Crippen molar-refractivity contribution < 1.29 is 9.13 Å². The van der Waals surface area contributed by atoms with Gasteiger partial charge < -0.3 is 9.30 Å². The Kier molecular flexibility index (Phi) is 7.03. The van der Waals surface area contributed by atoms with Crippen LogP contribution in [0.15, 0.2) is 85.3 Å². The minimum Gasteiger partial charge on any atom is -0.362 e. The van der Waals surface area contributed by atoms with Crippen molar-refractivity contribution in [3.05, 3.63) is 114 Å². The average molecular weight is 423 g/mol. The molecule has 4 rings (SSSR count). The lowest BCUT2D eigenvalue weighted by molar-refractivity contribution is 0.0618. The van der Waals surface area contributed by atoms with Crippen LogP contribution in [-0.4, -0.2) is 9.55 Å². The molecule has 0 spiro atoms. The smallest absolute Gasteiger partial charge is 0.131 e. The first-order valence-electron chi connectivity index (χ1n) is 9.61. The van der Waals surface area contributed by atoms with E-state index in [0.29, 0.717) is 12.2 Å². The molecule has 1 unspecified atom stereocenters. The highest BCUT2D eigenvalue weighted by atomic mass is 35.5. The van der Waals surface area contributed by atoms with Gasteiger partial charge in [0.2, 0.25) is 0 Å². The zero-order chi connectivity index (χ0) is 20.2. The zero-order valence-corrected chi connectivity index (χ0v) is 17.8. The third kappa shape index (κ3) is 4.45. The van der Waals surface area contributed by atoms with Gasteiger partial charge in [0.1, 0.15) is 11.9 Å². The first kappa shape index (κ1) is 21.8. The van der Waals surface area contributed by atoms with Gasteiger partial charge in [-0.25, -0.2) is 9.37 Å². The van der Waals surface area contributed by atoms with Crippen LogP contribution in [0.1, 0.15) is 28.5 Å². The van der Waals surface area contributed by atoms with Crippen LogP contribution in [0.2, 0.25) is 0 Å². The summed E-state index contributed by atoms with van der Waals surface area (Å²) in [7, 11) is 1.94. The summed E-state index contributed by atoms with van der Waals surface area (Å²) in [5.74, 6) is -0.232. The van der Waals surface area contributed by atoms with Gasteiger partial charge in [-0.2, -0.15) is 0 Å². The standard InChI is InChI=1S/C25H23FN2O.ClH/c1-18-21(13-14-22(26)24(18)20-11-7-4-8-12-20)25(23-15-27-17-28(23)2)29-16-19-9-5-3-6-10-19;/h3-15,17,25H,16H2,1-2H3;1H. The molecule has 154 valence electrons. The summed E-state index contributed by atoms with van der Waals surface area (Å²) >= 11 is 0. The third-order valence-electron chi connectivity index (χ3n) is 5.18. The van der Waals surface area contributed by atoms with Gasteiger partial charge >= 0.3 is 0 Å². The summed E-state index contributed by atoms with van der Waals surface area (Å²) in [5.41, 5.74) is 5.28. The average Bonchev–Trinajstić information content (AvgIpc) is 3.17. The summed E-state index contributed by atoms with van der Waals surface area (Å²) in [6.45, 7) is 2.41.